The Labute approximate surface area is 64.8 Å². The fourth-order valence-electron chi connectivity index (χ4n) is 0.511. The van der Waals surface area contributed by atoms with E-state index in [9.17, 15) is 0 Å². The van der Waals surface area contributed by atoms with E-state index in [2.05, 4.69) is 10.1 Å². The van der Waals surface area contributed by atoms with Crippen molar-refractivity contribution in [1.82, 2.24) is 4.98 Å². The lowest BCUT2D eigenvalue weighted by molar-refractivity contribution is 0.321. The van der Waals surface area contributed by atoms with Gasteiger partial charge in [0.2, 0.25) is 0 Å². The van der Waals surface area contributed by atoms with Gasteiger partial charge in [0, 0.05) is 6.20 Å². The van der Waals surface area contributed by atoms with Gasteiger partial charge in [-0.1, -0.05) is 11.2 Å². The van der Waals surface area contributed by atoms with Crippen molar-refractivity contribution in [3.8, 4) is 0 Å². The summed E-state index contributed by atoms with van der Waals surface area (Å²) in [4.78, 5) is 3.86. The molecule has 0 spiro atoms. The monoisotopic (exact) mass is 158 g/mol. The zero-order chi connectivity index (χ0) is 6.53. The Balaban J connectivity index is 0.000000810. The van der Waals surface area contributed by atoms with Crippen molar-refractivity contribution >= 4 is 18.6 Å². The van der Waals surface area contributed by atoms with E-state index in [0.29, 0.717) is 5.69 Å². The van der Waals surface area contributed by atoms with E-state index in [1.54, 1.807) is 18.3 Å². The van der Waals surface area contributed by atoms with E-state index in [4.69, 9.17) is 5.21 Å². The largest absolute Gasteiger partial charge is 0.411 e. The molecule has 1 aromatic heterocycles. The Bertz CT molecular complexity index is 200. The van der Waals surface area contributed by atoms with E-state index in [0.717, 1.165) is 0 Å². The van der Waals surface area contributed by atoms with E-state index in [-0.39, 0.29) is 12.4 Å². The van der Waals surface area contributed by atoms with E-state index < -0.39 is 0 Å². The van der Waals surface area contributed by atoms with Crippen LogP contribution in [0.15, 0.2) is 29.6 Å². The molecule has 1 heterocycles. The first-order valence-electron chi connectivity index (χ1n) is 2.52. The van der Waals surface area contributed by atoms with Crippen LogP contribution in [-0.4, -0.2) is 16.4 Å². The molecule has 0 bridgehead atoms. The fraction of sp³-hybridized carbons (Fsp3) is 0. The molecule has 1 N–H and O–H groups in total. The number of hydrogen-bond donors (Lipinski definition) is 1. The van der Waals surface area contributed by atoms with E-state index >= 15 is 0 Å². The summed E-state index contributed by atoms with van der Waals surface area (Å²) in [6.07, 6.45) is 2.91. The summed E-state index contributed by atoms with van der Waals surface area (Å²) in [7, 11) is 0. The lowest BCUT2D eigenvalue weighted by Crippen LogP contribution is -1.83. The standard InChI is InChI=1S/C6H6N2O.ClH/c9-8-5-6-3-1-2-4-7-6;/h1-5,9H;1H/b8-5+;. The molecular formula is C6H7ClN2O. The number of rotatable bonds is 1. The fourth-order valence-corrected chi connectivity index (χ4v) is 0.511. The molecule has 1 rings (SSSR count). The van der Waals surface area contributed by atoms with E-state index in [1.807, 2.05) is 6.07 Å². The minimum atomic E-state index is 0. The van der Waals surface area contributed by atoms with Gasteiger partial charge >= 0.3 is 0 Å². The third-order valence-corrected chi connectivity index (χ3v) is 0.878. The van der Waals surface area contributed by atoms with Gasteiger partial charge in [-0.2, -0.15) is 0 Å². The summed E-state index contributed by atoms with van der Waals surface area (Å²) in [5.74, 6) is 0. The average Bonchev–Trinajstić information content (AvgIpc) is 1.91. The maximum atomic E-state index is 8.05. The Morgan fingerprint density at radius 1 is 1.50 bits per heavy atom. The van der Waals surface area contributed by atoms with Crippen molar-refractivity contribution in [2.75, 3.05) is 0 Å². The Hall–Kier alpha value is -1.09. The third-order valence-electron chi connectivity index (χ3n) is 0.878. The van der Waals surface area contributed by atoms with Gasteiger partial charge in [-0.25, -0.2) is 0 Å². The molecule has 0 aliphatic heterocycles. The molecule has 4 heteroatoms. The van der Waals surface area contributed by atoms with Crippen molar-refractivity contribution in [3.63, 3.8) is 0 Å². The zero-order valence-electron chi connectivity index (χ0n) is 5.14. The van der Waals surface area contributed by atoms with Crippen LogP contribution in [0.25, 0.3) is 0 Å². The highest BCUT2D eigenvalue weighted by molar-refractivity contribution is 5.85. The van der Waals surface area contributed by atoms with Gasteiger partial charge in [0.1, 0.15) is 0 Å². The summed E-state index contributed by atoms with van der Waals surface area (Å²) in [6.45, 7) is 0. The molecule has 0 unspecified atom stereocenters. The van der Waals surface area contributed by atoms with Crippen LogP contribution in [0, 0.1) is 0 Å². The van der Waals surface area contributed by atoms with Crippen molar-refractivity contribution < 1.29 is 5.21 Å². The van der Waals surface area contributed by atoms with Crippen LogP contribution >= 0.6 is 12.4 Å². The highest BCUT2D eigenvalue weighted by Crippen LogP contribution is 1.86. The summed E-state index contributed by atoms with van der Waals surface area (Å²) >= 11 is 0. The molecule has 54 valence electrons. The molecular weight excluding hydrogens is 152 g/mol. The molecule has 1 aromatic rings. The van der Waals surface area contributed by atoms with Gasteiger partial charge in [-0.3, -0.25) is 4.98 Å². The van der Waals surface area contributed by atoms with Crippen LogP contribution in [0.3, 0.4) is 0 Å². The lowest BCUT2D eigenvalue weighted by Gasteiger charge is -1.84. The predicted molar refractivity (Wildman–Crippen MR) is 40.9 cm³/mol. The topological polar surface area (TPSA) is 45.5 Å². The van der Waals surface area contributed by atoms with Gasteiger partial charge in [0.25, 0.3) is 0 Å². The van der Waals surface area contributed by atoms with Gasteiger partial charge < -0.3 is 5.21 Å². The molecule has 0 aliphatic carbocycles. The summed E-state index contributed by atoms with van der Waals surface area (Å²) in [5.41, 5.74) is 0.653. The van der Waals surface area contributed by atoms with Crippen molar-refractivity contribution in [2.24, 2.45) is 5.16 Å². The van der Waals surface area contributed by atoms with Gasteiger partial charge in [-0.05, 0) is 12.1 Å². The van der Waals surface area contributed by atoms with Crippen LogP contribution < -0.4 is 0 Å². The smallest absolute Gasteiger partial charge is 0.0918 e. The van der Waals surface area contributed by atoms with Crippen LogP contribution in [0.4, 0.5) is 0 Å². The number of nitrogens with zero attached hydrogens (tertiary/aromatic N) is 2. The van der Waals surface area contributed by atoms with Gasteiger partial charge in [-0.15, -0.1) is 12.4 Å². The molecule has 0 saturated carbocycles. The first-order valence-corrected chi connectivity index (χ1v) is 2.52. The second-order valence-corrected chi connectivity index (χ2v) is 1.50. The predicted octanol–water partition coefficient (Wildman–Crippen LogP) is 1.31. The minimum absolute atomic E-state index is 0. The average molecular weight is 159 g/mol. The maximum absolute atomic E-state index is 8.05. The summed E-state index contributed by atoms with van der Waals surface area (Å²) < 4.78 is 0. The molecule has 0 amide bonds. The molecule has 0 fully saturated rings. The zero-order valence-corrected chi connectivity index (χ0v) is 5.95. The van der Waals surface area contributed by atoms with Crippen molar-refractivity contribution in [2.45, 2.75) is 0 Å². The van der Waals surface area contributed by atoms with Crippen LogP contribution in [0.2, 0.25) is 0 Å². The minimum Gasteiger partial charge on any atom is -0.411 e. The Kier molecular flexibility index (Phi) is 4.24. The second-order valence-electron chi connectivity index (χ2n) is 1.50. The number of pyridine rings is 1. The highest BCUT2D eigenvalue weighted by Gasteiger charge is 1.81. The van der Waals surface area contributed by atoms with Crippen LogP contribution in [-0.2, 0) is 0 Å². The first kappa shape index (κ1) is 8.91. The number of aromatic nitrogens is 1. The second kappa shape index (κ2) is 4.76. The number of halogens is 1. The first-order chi connectivity index (χ1) is 4.43. The number of oxime groups is 1. The molecule has 0 aromatic carbocycles. The third kappa shape index (κ3) is 2.46. The Morgan fingerprint density at radius 3 is 2.80 bits per heavy atom. The Morgan fingerprint density at radius 2 is 2.30 bits per heavy atom. The summed E-state index contributed by atoms with van der Waals surface area (Å²) in [6, 6.07) is 5.37. The van der Waals surface area contributed by atoms with Gasteiger partial charge in [0.15, 0.2) is 0 Å². The molecule has 10 heavy (non-hydrogen) atoms. The maximum Gasteiger partial charge on any atom is 0.0918 e. The SMILES string of the molecule is Cl.O/N=C/c1ccccn1. The van der Waals surface area contributed by atoms with Crippen LogP contribution in [0.5, 0.6) is 0 Å². The molecule has 0 saturated heterocycles. The molecule has 3 nitrogen and oxygen atoms in total. The van der Waals surface area contributed by atoms with Crippen molar-refractivity contribution in [3.05, 3.63) is 30.1 Å². The lowest BCUT2D eigenvalue weighted by atomic mass is 10.4. The van der Waals surface area contributed by atoms with Gasteiger partial charge in [0.05, 0.1) is 11.9 Å². The normalized spacial score (nSPS) is 9.20. The molecule has 0 atom stereocenters. The molecule has 0 aliphatic rings. The highest BCUT2D eigenvalue weighted by atomic mass is 35.5. The number of hydrogen-bond acceptors (Lipinski definition) is 3. The summed E-state index contributed by atoms with van der Waals surface area (Å²) in [5, 5.41) is 10.9. The van der Waals surface area contributed by atoms with E-state index in [1.165, 1.54) is 6.21 Å². The van der Waals surface area contributed by atoms with Crippen molar-refractivity contribution in [1.29, 1.82) is 0 Å². The molecule has 0 radical (unpaired) electrons. The quantitative estimate of drug-likeness (QED) is 0.381. The van der Waals surface area contributed by atoms with Crippen LogP contribution in [0.1, 0.15) is 5.69 Å².